The van der Waals surface area contributed by atoms with Crippen molar-refractivity contribution in [3.05, 3.63) is 48.6 Å². The number of nitrogens with one attached hydrogen (secondary N) is 1. The average molecular weight is 862 g/mol. The maximum Gasteiger partial charge on any atom is 0.220 e. The summed E-state index contributed by atoms with van der Waals surface area (Å²) in [4.78, 5) is 13.0. The van der Waals surface area contributed by atoms with Crippen molar-refractivity contribution in [3.63, 3.8) is 0 Å². The van der Waals surface area contributed by atoms with Gasteiger partial charge in [0.15, 0.2) is 6.29 Å². The van der Waals surface area contributed by atoms with Gasteiger partial charge in [0, 0.05) is 6.42 Å². The van der Waals surface area contributed by atoms with Crippen molar-refractivity contribution < 1.29 is 39.8 Å². The molecule has 0 aromatic heterocycles. The molecule has 9 nitrogen and oxygen atoms in total. The van der Waals surface area contributed by atoms with E-state index in [0.717, 1.165) is 70.6 Å². The fourth-order valence-corrected chi connectivity index (χ4v) is 7.88. The van der Waals surface area contributed by atoms with E-state index in [1.807, 2.05) is 6.08 Å². The molecule has 0 spiro atoms. The number of aliphatic hydroxyl groups excluding tert-OH is 5. The minimum Gasteiger partial charge on any atom is -0.394 e. The predicted octanol–water partition coefficient (Wildman–Crippen LogP) is 11.4. The van der Waals surface area contributed by atoms with E-state index in [9.17, 15) is 30.3 Å². The van der Waals surface area contributed by atoms with Gasteiger partial charge in [-0.3, -0.25) is 4.79 Å². The number of hydrogen-bond acceptors (Lipinski definition) is 8. The number of carbonyl (C=O) groups excluding carboxylic acids is 1. The summed E-state index contributed by atoms with van der Waals surface area (Å²) in [6.07, 6.45) is 47.3. The Hall–Kier alpha value is -1.85. The molecular formula is C52H95NO8. The van der Waals surface area contributed by atoms with E-state index < -0.39 is 49.5 Å². The third-order valence-electron chi connectivity index (χ3n) is 11.9. The average Bonchev–Trinajstić information content (AvgIpc) is 3.26. The molecule has 0 saturated carbocycles. The van der Waals surface area contributed by atoms with Crippen LogP contribution in [0.15, 0.2) is 48.6 Å². The Labute approximate surface area is 373 Å². The molecule has 1 fully saturated rings. The first-order valence-electron chi connectivity index (χ1n) is 25.4. The third kappa shape index (κ3) is 32.5. The molecule has 6 N–H and O–H groups in total. The Kier molecular flexibility index (Phi) is 39.5. The van der Waals surface area contributed by atoms with E-state index in [2.05, 4.69) is 55.6 Å². The summed E-state index contributed by atoms with van der Waals surface area (Å²) < 4.78 is 11.2. The quantitative estimate of drug-likeness (QED) is 0.0262. The molecule has 1 aliphatic heterocycles. The topological polar surface area (TPSA) is 149 Å². The smallest absolute Gasteiger partial charge is 0.220 e. The summed E-state index contributed by atoms with van der Waals surface area (Å²) in [5.41, 5.74) is 0. The Morgan fingerprint density at radius 1 is 0.574 bits per heavy atom. The van der Waals surface area contributed by atoms with Gasteiger partial charge in [-0.25, -0.2) is 0 Å². The number of unbranched alkanes of at least 4 members (excludes halogenated alkanes) is 26. The van der Waals surface area contributed by atoms with Crippen LogP contribution in [0.1, 0.15) is 219 Å². The standard InChI is InChI=1S/C52H95NO8/c1-3-5-7-9-11-13-15-17-19-21-22-23-24-26-27-29-31-33-35-37-39-41-46(55)45(44-60-52-51(59)50(58)49(57)47(43-54)61-52)53-48(56)42-40-38-36-34-32-30-28-25-20-18-16-14-12-10-8-6-4-2/h6,8,12,14,18,20,39,41,45-47,49-52,54-55,57-59H,3-5,7,9-11,13,15-17,19,21-38,40,42-44H2,1-2H3,(H,53,56)/b8-6-,14-12-,20-18-,41-39+. The van der Waals surface area contributed by atoms with Gasteiger partial charge in [-0.15, -0.1) is 0 Å². The first kappa shape index (κ1) is 57.2. The molecule has 9 heteroatoms. The molecule has 0 aliphatic carbocycles. The monoisotopic (exact) mass is 862 g/mol. The molecular weight excluding hydrogens is 767 g/mol. The highest BCUT2D eigenvalue weighted by Crippen LogP contribution is 2.23. The van der Waals surface area contributed by atoms with Gasteiger partial charge < -0.3 is 40.3 Å². The van der Waals surface area contributed by atoms with Crippen LogP contribution in [-0.4, -0.2) is 87.5 Å². The highest BCUT2D eigenvalue weighted by molar-refractivity contribution is 5.76. The first-order valence-corrected chi connectivity index (χ1v) is 25.4. The Morgan fingerprint density at radius 2 is 1.02 bits per heavy atom. The Morgan fingerprint density at radius 3 is 1.51 bits per heavy atom. The van der Waals surface area contributed by atoms with Crippen LogP contribution >= 0.6 is 0 Å². The normalized spacial score (nSPS) is 20.8. The zero-order valence-corrected chi connectivity index (χ0v) is 39.2. The molecule has 1 saturated heterocycles. The Balaban J connectivity index is 2.31. The number of rotatable bonds is 42. The molecule has 61 heavy (non-hydrogen) atoms. The fourth-order valence-electron chi connectivity index (χ4n) is 7.88. The van der Waals surface area contributed by atoms with E-state index in [-0.39, 0.29) is 12.5 Å². The van der Waals surface area contributed by atoms with Crippen LogP contribution in [0.5, 0.6) is 0 Å². The second kappa shape index (κ2) is 42.1. The fraction of sp³-hybridized carbons (Fsp3) is 0.827. The molecule has 0 aromatic rings. The van der Waals surface area contributed by atoms with Crippen molar-refractivity contribution in [2.45, 2.75) is 262 Å². The molecule has 0 aromatic carbocycles. The molecule has 0 bridgehead atoms. The number of hydrogen-bond donors (Lipinski definition) is 6. The molecule has 1 aliphatic rings. The molecule has 356 valence electrons. The van der Waals surface area contributed by atoms with Crippen LogP contribution in [0.3, 0.4) is 0 Å². The SMILES string of the molecule is CC/C=C\C/C=C\C/C=C\CCCCCCCCCC(=O)NC(COC1OC(CO)C(O)C(O)C1O)C(O)/C=C/CCCCCCCCCCCCCCCCCCCCC. The zero-order chi connectivity index (χ0) is 44.4. The van der Waals surface area contributed by atoms with Gasteiger partial charge >= 0.3 is 0 Å². The highest BCUT2D eigenvalue weighted by atomic mass is 16.7. The van der Waals surface area contributed by atoms with Gasteiger partial charge in [-0.05, 0) is 51.4 Å². The zero-order valence-electron chi connectivity index (χ0n) is 39.2. The molecule has 1 amide bonds. The van der Waals surface area contributed by atoms with Crippen LogP contribution in [0, 0.1) is 0 Å². The first-order chi connectivity index (χ1) is 29.8. The Bertz CT molecular complexity index is 1090. The molecule has 1 heterocycles. The largest absolute Gasteiger partial charge is 0.394 e. The summed E-state index contributed by atoms with van der Waals surface area (Å²) in [6.45, 7) is 3.67. The molecule has 7 atom stereocenters. The number of amides is 1. The van der Waals surface area contributed by atoms with Crippen molar-refractivity contribution >= 4 is 5.91 Å². The van der Waals surface area contributed by atoms with Gasteiger partial charge in [0.1, 0.15) is 24.4 Å². The summed E-state index contributed by atoms with van der Waals surface area (Å²) in [5.74, 6) is -0.187. The van der Waals surface area contributed by atoms with Crippen LogP contribution in [-0.2, 0) is 14.3 Å². The van der Waals surface area contributed by atoms with E-state index in [1.54, 1.807) is 6.08 Å². The van der Waals surface area contributed by atoms with Gasteiger partial charge in [-0.2, -0.15) is 0 Å². The summed E-state index contributed by atoms with van der Waals surface area (Å²) >= 11 is 0. The molecule has 0 radical (unpaired) electrons. The van der Waals surface area contributed by atoms with Crippen molar-refractivity contribution in [2.75, 3.05) is 13.2 Å². The van der Waals surface area contributed by atoms with E-state index in [4.69, 9.17) is 9.47 Å². The van der Waals surface area contributed by atoms with Gasteiger partial charge in [0.25, 0.3) is 0 Å². The van der Waals surface area contributed by atoms with E-state index in [1.165, 1.54) is 128 Å². The number of aliphatic hydroxyl groups is 5. The maximum absolute atomic E-state index is 13.0. The predicted molar refractivity (Wildman–Crippen MR) is 253 cm³/mol. The van der Waals surface area contributed by atoms with Crippen LogP contribution < -0.4 is 5.32 Å². The summed E-state index contributed by atoms with van der Waals surface area (Å²) in [7, 11) is 0. The summed E-state index contributed by atoms with van der Waals surface area (Å²) in [5, 5.41) is 54.3. The van der Waals surface area contributed by atoms with Crippen molar-refractivity contribution in [3.8, 4) is 0 Å². The van der Waals surface area contributed by atoms with Crippen molar-refractivity contribution in [2.24, 2.45) is 0 Å². The number of allylic oxidation sites excluding steroid dienone is 7. The van der Waals surface area contributed by atoms with E-state index in [0.29, 0.717) is 6.42 Å². The molecule has 7 unspecified atom stereocenters. The van der Waals surface area contributed by atoms with Crippen LogP contribution in [0.25, 0.3) is 0 Å². The van der Waals surface area contributed by atoms with Crippen molar-refractivity contribution in [1.29, 1.82) is 0 Å². The van der Waals surface area contributed by atoms with Crippen molar-refractivity contribution in [1.82, 2.24) is 5.32 Å². The lowest BCUT2D eigenvalue weighted by Crippen LogP contribution is -2.60. The minimum absolute atomic E-state index is 0.187. The number of carbonyl (C=O) groups is 1. The number of ether oxygens (including phenoxy) is 2. The van der Waals surface area contributed by atoms with Gasteiger partial charge in [0.2, 0.25) is 5.91 Å². The van der Waals surface area contributed by atoms with Gasteiger partial charge in [-0.1, -0.05) is 210 Å². The minimum atomic E-state index is -1.57. The van der Waals surface area contributed by atoms with E-state index >= 15 is 0 Å². The van der Waals surface area contributed by atoms with Crippen LogP contribution in [0.4, 0.5) is 0 Å². The highest BCUT2D eigenvalue weighted by Gasteiger charge is 2.44. The molecule has 1 rings (SSSR count). The summed E-state index contributed by atoms with van der Waals surface area (Å²) in [6, 6.07) is -0.811. The maximum atomic E-state index is 13.0. The van der Waals surface area contributed by atoms with Gasteiger partial charge in [0.05, 0.1) is 25.4 Å². The van der Waals surface area contributed by atoms with Crippen LogP contribution in [0.2, 0.25) is 0 Å². The second-order valence-electron chi connectivity index (χ2n) is 17.6. The third-order valence-corrected chi connectivity index (χ3v) is 11.9. The second-order valence-corrected chi connectivity index (χ2v) is 17.6. The lowest BCUT2D eigenvalue weighted by Gasteiger charge is -2.40. The lowest BCUT2D eigenvalue weighted by atomic mass is 9.99. The lowest BCUT2D eigenvalue weighted by molar-refractivity contribution is -0.302.